The fourth-order valence-corrected chi connectivity index (χ4v) is 3.96. The molecule has 1 atom stereocenters. The summed E-state index contributed by atoms with van der Waals surface area (Å²) in [6, 6.07) is 23.0. The van der Waals surface area contributed by atoms with E-state index in [9.17, 15) is 9.59 Å². The molecule has 1 aliphatic rings. The van der Waals surface area contributed by atoms with Crippen molar-refractivity contribution in [3.63, 3.8) is 0 Å². The Morgan fingerprint density at radius 1 is 0.882 bits per heavy atom. The zero-order chi connectivity index (χ0) is 23.3. The summed E-state index contributed by atoms with van der Waals surface area (Å²) in [5.41, 5.74) is 1.69. The topological polar surface area (TPSA) is 104 Å². The Morgan fingerprint density at radius 2 is 1.62 bits per heavy atom. The number of fused-ring (bicyclic) bond motifs is 1. The van der Waals surface area contributed by atoms with Crippen LogP contribution in [0.5, 0.6) is 11.5 Å². The summed E-state index contributed by atoms with van der Waals surface area (Å²) in [6.45, 7) is 0.259. The fraction of sp³-hybridized carbons (Fsp3) is 0.120. The Labute approximate surface area is 199 Å². The van der Waals surface area contributed by atoms with Crippen LogP contribution in [0.15, 0.2) is 88.5 Å². The molecule has 34 heavy (non-hydrogen) atoms. The molecule has 5 rings (SSSR count). The highest BCUT2D eigenvalue weighted by Crippen LogP contribution is 2.36. The first-order chi connectivity index (χ1) is 16.7. The van der Waals surface area contributed by atoms with Crippen molar-refractivity contribution in [3.05, 3.63) is 95.9 Å². The molecule has 1 aliphatic heterocycles. The molecule has 0 radical (unpaired) electrons. The average molecular weight is 474 g/mol. The molecule has 1 N–H and O–H groups in total. The van der Waals surface area contributed by atoms with Gasteiger partial charge in [0.2, 0.25) is 6.10 Å². The van der Waals surface area contributed by atoms with Gasteiger partial charge in [0.15, 0.2) is 17.3 Å². The highest BCUT2D eigenvalue weighted by atomic mass is 32.2. The van der Waals surface area contributed by atoms with Crippen LogP contribution >= 0.6 is 11.8 Å². The summed E-state index contributed by atoms with van der Waals surface area (Å²) < 4.78 is 17.2. The predicted molar refractivity (Wildman–Crippen MR) is 125 cm³/mol. The fourth-order valence-electron chi connectivity index (χ4n) is 3.29. The third-order valence-electron chi connectivity index (χ3n) is 5.03. The van der Waals surface area contributed by atoms with E-state index in [-0.39, 0.29) is 29.3 Å². The molecule has 0 saturated heterocycles. The van der Waals surface area contributed by atoms with Crippen LogP contribution in [0.1, 0.15) is 32.7 Å². The number of carbonyl (C=O) groups is 2. The number of thioether (sulfide) groups is 1. The van der Waals surface area contributed by atoms with Gasteiger partial charge in [-0.3, -0.25) is 9.59 Å². The van der Waals surface area contributed by atoms with Gasteiger partial charge >= 0.3 is 0 Å². The van der Waals surface area contributed by atoms with E-state index in [4.69, 9.17) is 13.9 Å². The number of para-hydroxylation sites is 2. The number of anilines is 1. The maximum Gasteiger partial charge on any atom is 0.277 e. The van der Waals surface area contributed by atoms with E-state index >= 15 is 0 Å². The molecule has 2 heterocycles. The smallest absolute Gasteiger partial charge is 0.277 e. The first-order valence-corrected chi connectivity index (χ1v) is 11.5. The van der Waals surface area contributed by atoms with Crippen molar-refractivity contribution in [1.82, 2.24) is 10.2 Å². The van der Waals surface area contributed by atoms with Gasteiger partial charge < -0.3 is 19.2 Å². The van der Waals surface area contributed by atoms with Crippen LogP contribution < -0.4 is 14.8 Å². The molecule has 170 valence electrons. The molecule has 0 spiro atoms. The zero-order valence-corrected chi connectivity index (χ0v) is 18.7. The standard InChI is InChI=1S/C25H19N3O5S/c29-19(16-10-12-18(13-11-16)26-23(30)17-6-2-1-3-7-17)15-34-25-28-27-24(33-25)22-14-31-20-8-4-5-9-21(20)32-22/h1-13,22H,14-15H2,(H,26,30)/t22-/m1/s1. The quantitative estimate of drug-likeness (QED) is 0.301. The number of nitrogens with one attached hydrogen (secondary N) is 1. The van der Waals surface area contributed by atoms with Gasteiger partial charge in [-0.1, -0.05) is 42.1 Å². The third kappa shape index (κ3) is 4.94. The number of amides is 1. The Hall–Kier alpha value is -4.11. The molecule has 0 fully saturated rings. The summed E-state index contributed by atoms with van der Waals surface area (Å²) in [5.74, 6) is 1.40. The van der Waals surface area contributed by atoms with E-state index in [1.165, 1.54) is 0 Å². The molecular formula is C25H19N3O5S. The monoisotopic (exact) mass is 473 g/mol. The molecule has 1 amide bonds. The second-order valence-electron chi connectivity index (χ2n) is 7.38. The van der Waals surface area contributed by atoms with Crippen LogP contribution in [0.25, 0.3) is 0 Å². The summed E-state index contributed by atoms with van der Waals surface area (Å²) in [4.78, 5) is 24.8. The summed E-state index contributed by atoms with van der Waals surface area (Å²) >= 11 is 1.15. The Morgan fingerprint density at radius 3 is 2.41 bits per heavy atom. The van der Waals surface area contributed by atoms with E-state index in [1.807, 2.05) is 30.3 Å². The van der Waals surface area contributed by atoms with Crippen LogP contribution in [-0.2, 0) is 0 Å². The first-order valence-electron chi connectivity index (χ1n) is 10.5. The van der Waals surface area contributed by atoms with Crippen molar-refractivity contribution in [2.75, 3.05) is 17.7 Å². The SMILES string of the molecule is O=C(CSc1nnc([C@H]2COc3ccccc3O2)o1)c1ccc(NC(=O)c2ccccc2)cc1. The lowest BCUT2D eigenvalue weighted by Gasteiger charge is -2.23. The van der Waals surface area contributed by atoms with Crippen molar-refractivity contribution in [3.8, 4) is 11.5 Å². The van der Waals surface area contributed by atoms with Crippen molar-refractivity contribution in [2.45, 2.75) is 11.3 Å². The second kappa shape index (κ2) is 9.80. The van der Waals surface area contributed by atoms with Gasteiger partial charge in [-0.05, 0) is 48.5 Å². The number of hydrogen-bond donors (Lipinski definition) is 1. The number of nitrogens with zero attached hydrogens (tertiary/aromatic N) is 2. The number of rotatable bonds is 7. The van der Waals surface area contributed by atoms with E-state index in [0.717, 1.165) is 11.8 Å². The summed E-state index contributed by atoms with van der Waals surface area (Å²) in [6.07, 6.45) is -0.508. The highest BCUT2D eigenvalue weighted by molar-refractivity contribution is 7.99. The average Bonchev–Trinajstić information content (AvgIpc) is 3.37. The van der Waals surface area contributed by atoms with Gasteiger partial charge in [-0.15, -0.1) is 10.2 Å². The third-order valence-corrected chi connectivity index (χ3v) is 5.85. The number of ketones is 1. The Balaban J connectivity index is 1.15. The van der Waals surface area contributed by atoms with Gasteiger partial charge in [0, 0.05) is 16.8 Å². The number of hydrogen-bond acceptors (Lipinski definition) is 8. The Kier molecular flexibility index (Phi) is 6.26. The molecule has 0 saturated carbocycles. The second-order valence-corrected chi connectivity index (χ2v) is 8.31. The normalized spacial score (nSPS) is 14.4. The molecule has 0 aliphatic carbocycles. The molecule has 8 nitrogen and oxygen atoms in total. The molecule has 1 aromatic heterocycles. The van der Waals surface area contributed by atoms with Crippen molar-refractivity contribution in [1.29, 1.82) is 0 Å². The lowest BCUT2D eigenvalue weighted by Crippen LogP contribution is -2.21. The summed E-state index contributed by atoms with van der Waals surface area (Å²) in [5, 5.41) is 11.1. The van der Waals surface area contributed by atoms with Gasteiger partial charge in [-0.2, -0.15) is 0 Å². The van der Waals surface area contributed by atoms with Gasteiger partial charge in [0.25, 0.3) is 17.0 Å². The number of ether oxygens (including phenoxy) is 2. The maximum atomic E-state index is 12.6. The maximum absolute atomic E-state index is 12.6. The predicted octanol–water partition coefficient (Wildman–Crippen LogP) is 4.81. The van der Waals surface area contributed by atoms with Crippen LogP contribution in [0.4, 0.5) is 5.69 Å². The lowest BCUT2D eigenvalue weighted by molar-refractivity contribution is 0.0686. The number of carbonyl (C=O) groups excluding carboxylic acids is 2. The van der Waals surface area contributed by atoms with E-state index < -0.39 is 6.10 Å². The molecule has 3 aromatic carbocycles. The lowest BCUT2D eigenvalue weighted by atomic mass is 10.1. The molecule has 0 bridgehead atoms. The minimum absolute atomic E-state index is 0.100. The van der Waals surface area contributed by atoms with Crippen LogP contribution in [0.2, 0.25) is 0 Å². The van der Waals surface area contributed by atoms with Crippen LogP contribution in [0, 0.1) is 0 Å². The Bertz CT molecular complexity index is 1310. The van der Waals surface area contributed by atoms with Gasteiger partial charge in [0.1, 0.15) is 6.61 Å². The number of Topliss-reactive ketones (excluding diaryl/α,β-unsaturated/α-hetero) is 1. The van der Waals surface area contributed by atoms with Crippen LogP contribution in [-0.4, -0.2) is 34.2 Å². The van der Waals surface area contributed by atoms with E-state index in [0.29, 0.717) is 34.2 Å². The molecular weight excluding hydrogens is 454 g/mol. The number of aromatic nitrogens is 2. The van der Waals surface area contributed by atoms with Crippen LogP contribution in [0.3, 0.4) is 0 Å². The largest absolute Gasteiger partial charge is 0.485 e. The number of benzene rings is 3. The van der Waals surface area contributed by atoms with E-state index in [2.05, 4.69) is 15.5 Å². The van der Waals surface area contributed by atoms with Gasteiger partial charge in [-0.25, -0.2) is 0 Å². The highest BCUT2D eigenvalue weighted by Gasteiger charge is 2.27. The summed E-state index contributed by atoms with van der Waals surface area (Å²) in [7, 11) is 0. The first kappa shape index (κ1) is 21.7. The molecule has 4 aromatic rings. The van der Waals surface area contributed by atoms with Crippen molar-refractivity contribution < 1.29 is 23.5 Å². The molecule has 9 heteroatoms. The van der Waals surface area contributed by atoms with Crippen molar-refractivity contribution in [2.24, 2.45) is 0 Å². The van der Waals surface area contributed by atoms with E-state index in [1.54, 1.807) is 48.5 Å². The molecule has 0 unspecified atom stereocenters. The van der Waals surface area contributed by atoms with Gasteiger partial charge in [0.05, 0.1) is 5.75 Å². The minimum atomic E-state index is -0.508. The zero-order valence-electron chi connectivity index (χ0n) is 17.8. The van der Waals surface area contributed by atoms with Crippen molar-refractivity contribution >= 4 is 29.1 Å². The minimum Gasteiger partial charge on any atom is -0.485 e.